The van der Waals surface area contributed by atoms with Gasteiger partial charge in [-0.15, -0.1) is 0 Å². The van der Waals surface area contributed by atoms with E-state index in [0.29, 0.717) is 0 Å². The number of carbonyl (C=O) groups is 1. The van der Waals surface area contributed by atoms with E-state index >= 15 is 0 Å². The minimum Gasteiger partial charge on any atom is -0.288 e. The van der Waals surface area contributed by atoms with Crippen LogP contribution in [-0.4, -0.2) is 10.9 Å². The first-order valence-electron chi connectivity index (χ1n) is 4.79. The molecule has 6 heteroatoms. The average Bonchev–Trinajstić information content (AvgIpc) is 2.24. The zero-order chi connectivity index (χ0) is 13.8. The molecule has 0 aliphatic carbocycles. The summed E-state index contributed by atoms with van der Waals surface area (Å²) in [5, 5.41) is -0.442. The van der Waals surface area contributed by atoms with E-state index in [9.17, 15) is 18.0 Å². The van der Waals surface area contributed by atoms with Gasteiger partial charge in [-0.2, -0.15) is 13.2 Å². The lowest BCUT2D eigenvalue weighted by atomic mass is 10.1. The highest BCUT2D eigenvalue weighted by Crippen LogP contribution is 2.34. The van der Waals surface area contributed by atoms with Gasteiger partial charge in [-0.05, 0) is 18.2 Å². The minimum absolute atomic E-state index is 0.0867. The Morgan fingerprint density at radius 2 is 2.11 bits per heavy atom. The van der Waals surface area contributed by atoms with Crippen molar-refractivity contribution >= 4 is 28.5 Å². The van der Waals surface area contributed by atoms with Crippen LogP contribution in [0.4, 0.5) is 13.2 Å². The Labute approximate surface area is 112 Å². The maximum absolute atomic E-state index is 12.5. The van der Waals surface area contributed by atoms with Crippen molar-refractivity contribution in [2.45, 2.75) is 13.1 Å². The Bertz CT molecular complexity index is 514. The Hall–Kier alpha value is -1.12. The zero-order valence-corrected chi connectivity index (χ0v) is 10.8. The molecule has 0 amide bonds. The summed E-state index contributed by atoms with van der Waals surface area (Å²) in [5.74, 6) is 5.42. The fourth-order valence-electron chi connectivity index (χ4n) is 1.10. The molecule has 0 saturated carbocycles. The fourth-order valence-corrected chi connectivity index (χ4v) is 1.67. The molecule has 0 fully saturated rings. The lowest BCUT2D eigenvalue weighted by Gasteiger charge is -2.08. The Kier molecular flexibility index (Phi) is 5.12. The molecule has 1 aromatic rings. The topological polar surface area (TPSA) is 17.1 Å². The third kappa shape index (κ3) is 4.63. The lowest BCUT2D eigenvalue weighted by Crippen LogP contribution is -2.06. The molecule has 0 N–H and O–H groups in total. The standard InChI is InChI=1S/C12H8ClF3OS/c1-8(17)18-6-2-3-9-4-5-11(13)10(7-9)12(14,15)16/h4-5,7H,6H2,1H3. The predicted molar refractivity (Wildman–Crippen MR) is 66.5 cm³/mol. The number of hydrogen-bond acceptors (Lipinski definition) is 2. The molecule has 0 saturated heterocycles. The van der Waals surface area contributed by atoms with Gasteiger partial charge in [0.05, 0.1) is 16.3 Å². The van der Waals surface area contributed by atoms with Gasteiger partial charge in [0.2, 0.25) is 0 Å². The molecule has 0 bridgehead atoms. The Balaban J connectivity index is 2.89. The number of carbonyl (C=O) groups excluding carboxylic acids is 1. The maximum atomic E-state index is 12.5. The van der Waals surface area contributed by atoms with Gasteiger partial charge < -0.3 is 0 Å². The maximum Gasteiger partial charge on any atom is 0.417 e. The lowest BCUT2D eigenvalue weighted by molar-refractivity contribution is -0.137. The summed E-state index contributed by atoms with van der Waals surface area (Å²) in [6.45, 7) is 1.40. The second-order valence-electron chi connectivity index (χ2n) is 3.27. The summed E-state index contributed by atoms with van der Waals surface area (Å²) >= 11 is 6.47. The fraction of sp³-hybridized carbons (Fsp3) is 0.250. The van der Waals surface area contributed by atoms with Gasteiger partial charge >= 0.3 is 6.18 Å². The number of alkyl halides is 3. The monoisotopic (exact) mass is 292 g/mol. The molecule has 0 aromatic heterocycles. The first-order valence-corrected chi connectivity index (χ1v) is 6.16. The molecule has 0 spiro atoms. The van der Waals surface area contributed by atoms with E-state index in [4.69, 9.17) is 11.6 Å². The van der Waals surface area contributed by atoms with Crippen LogP contribution in [0.15, 0.2) is 18.2 Å². The van der Waals surface area contributed by atoms with E-state index in [1.165, 1.54) is 13.0 Å². The number of benzene rings is 1. The molecule has 1 aromatic carbocycles. The van der Waals surface area contributed by atoms with Gasteiger partial charge in [0.1, 0.15) is 0 Å². The SMILES string of the molecule is CC(=O)SCC#Cc1ccc(Cl)c(C(F)(F)F)c1. The summed E-state index contributed by atoms with van der Waals surface area (Å²) in [4.78, 5) is 10.6. The quantitative estimate of drug-likeness (QED) is 0.728. The van der Waals surface area contributed by atoms with Crippen molar-refractivity contribution in [2.75, 3.05) is 5.75 Å². The first-order chi connectivity index (χ1) is 8.30. The summed E-state index contributed by atoms with van der Waals surface area (Å²) in [5.41, 5.74) is -0.689. The van der Waals surface area contributed by atoms with Crippen LogP contribution in [0, 0.1) is 11.8 Å². The molecule has 0 atom stereocenters. The van der Waals surface area contributed by atoms with E-state index in [1.54, 1.807) is 0 Å². The Morgan fingerprint density at radius 3 is 2.67 bits per heavy atom. The second-order valence-corrected chi connectivity index (χ2v) is 4.83. The molecule has 0 aliphatic rings. The third-order valence-corrected chi connectivity index (χ3v) is 2.88. The molecule has 0 aliphatic heterocycles. The van der Waals surface area contributed by atoms with Crippen LogP contribution in [0.25, 0.3) is 0 Å². The van der Waals surface area contributed by atoms with Crippen LogP contribution in [0.5, 0.6) is 0 Å². The van der Waals surface area contributed by atoms with E-state index < -0.39 is 11.7 Å². The Morgan fingerprint density at radius 1 is 1.44 bits per heavy atom. The number of halogens is 4. The van der Waals surface area contributed by atoms with Gasteiger partial charge in [0.15, 0.2) is 5.12 Å². The van der Waals surface area contributed by atoms with Gasteiger partial charge in [-0.25, -0.2) is 0 Å². The van der Waals surface area contributed by atoms with Crippen molar-refractivity contribution in [3.63, 3.8) is 0 Å². The smallest absolute Gasteiger partial charge is 0.288 e. The van der Waals surface area contributed by atoms with E-state index in [0.717, 1.165) is 23.9 Å². The van der Waals surface area contributed by atoms with Crippen molar-refractivity contribution < 1.29 is 18.0 Å². The van der Waals surface area contributed by atoms with Gasteiger partial charge in [-0.3, -0.25) is 4.79 Å². The van der Waals surface area contributed by atoms with Crippen LogP contribution in [-0.2, 0) is 11.0 Å². The molecule has 1 rings (SSSR count). The van der Waals surface area contributed by atoms with Gasteiger partial charge in [-0.1, -0.05) is 35.2 Å². The predicted octanol–water partition coefficient (Wildman–Crippen LogP) is 3.99. The van der Waals surface area contributed by atoms with Crippen molar-refractivity contribution in [2.24, 2.45) is 0 Å². The van der Waals surface area contributed by atoms with Crippen molar-refractivity contribution in [1.82, 2.24) is 0 Å². The molecular formula is C12H8ClF3OS. The highest BCUT2D eigenvalue weighted by Gasteiger charge is 2.33. The van der Waals surface area contributed by atoms with Crippen LogP contribution < -0.4 is 0 Å². The van der Waals surface area contributed by atoms with Crippen LogP contribution in [0.3, 0.4) is 0 Å². The highest BCUT2D eigenvalue weighted by atomic mass is 35.5. The number of hydrogen-bond donors (Lipinski definition) is 0. The van der Waals surface area contributed by atoms with Crippen LogP contribution in [0.1, 0.15) is 18.1 Å². The van der Waals surface area contributed by atoms with Crippen molar-refractivity contribution in [1.29, 1.82) is 0 Å². The van der Waals surface area contributed by atoms with Crippen molar-refractivity contribution in [3.05, 3.63) is 34.3 Å². The van der Waals surface area contributed by atoms with Crippen molar-refractivity contribution in [3.8, 4) is 11.8 Å². The summed E-state index contributed by atoms with van der Waals surface area (Å²) in [6.07, 6.45) is -4.50. The summed E-state index contributed by atoms with van der Waals surface area (Å²) in [7, 11) is 0. The normalized spacial score (nSPS) is 10.7. The molecule has 96 valence electrons. The second kappa shape index (κ2) is 6.17. The highest BCUT2D eigenvalue weighted by molar-refractivity contribution is 8.13. The van der Waals surface area contributed by atoms with Crippen LogP contribution >= 0.6 is 23.4 Å². The van der Waals surface area contributed by atoms with Gasteiger partial charge in [0.25, 0.3) is 0 Å². The van der Waals surface area contributed by atoms with Crippen LogP contribution in [0.2, 0.25) is 5.02 Å². The molecule has 1 nitrogen and oxygen atoms in total. The van der Waals surface area contributed by atoms with E-state index in [2.05, 4.69) is 11.8 Å². The molecular weight excluding hydrogens is 285 g/mol. The summed E-state index contributed by atoms with van der Waals surface area (Å²) in [6, 6.07) is 3.46. The average molecular weight is 293 g/mol. The zero-order valence-electron chi connectivity index (χ0n) is 9.27. The third-order valence-electron chi connectivity index (χ3n) is 1.85. The molecule has 0 unspecified atom stereocenters. The summed E-state index contributed by atoms with van der Waals surface area (Å²) < 4.78 is 37.6. The first kappa shape index (κ1) is 14.9. The number of thioether (sulfide) groups is 1. The largest absolute Gasteiger partial charge is 0.417 e. The van der Waals surface area contributed by atoms with E-state index in [-0.39, 0.29) is 21.5 Å². The molecule has 0 radical (unpaired) electrons. The van der Waals surface area contributed by atoms with E-state index in [1.807, 2.05) is 0 Å². The minimum atomic E-state index is -4.50. The number of rotatable bonds is 1. The molecule has 0 heterocycles. The molecule has 18 heavy (non-hydrogen) atoms. The van der Waals surface area contributed by atoms with Gasteiger partial charge in [0, 0.05) is 12.5 Å².